The molecule has 0 radical (unpaired) electrons. The molecule has 0 saturated carbocycles. The van der Waals surface area contributed by atoms with Crippen molar-refractivity contribution in [2.75, 3.05) is 0 Å². The van der Waals surface area contributed by atoms with Crippen molar-refractivity contribution in [3.8, 4) is 0 Å². The SMILES string of the molecule is S=C(Cl)/C(Cl)=C1\SC=C(c2ccccc2)S1. The predicted octanol–water partition coefficient (Wildman–Crippen LogP) is 5.44. The topological polar surface area (TPSA) is 0 Å². The predicted molar refractivity (Wildman–Crippen MR) is 80.9 cm³/mol. The van der Waals surface area contributed by atoms with E-state index in [1.54, 1.807) is 23.5 Å². The second kappa shape index (κ2) is 5.61. The molecule has 0 N–H and O–H groups in total. The number of thioether (sulfide) groups is 2. The normalized spacial score (nSPS) is 18.2. The molecule has 16 heavy (non-hydrogen) atoms. The van der Waals surface area contributed by atoms with E-state index in [-0.39, 0.29) is 4.32 Å². The minimum absolute atomic E-state index is 0.222. The summed E-state index contributed by atoms with van der Waals surface area (Å²) < 4.78 is 1.17. The van der Waals surface area contributed by atoms with Gasteiger partial charge in [-0.2, -0.15) is 0 Å². The lowest BCUT2D eigenvalue weighted by Gasteiger charge is -2.01. The fraction of sp³-hybridized carbons (Fsp3) is 0. The first-order valence-electron chi connectivity index (χ1n) is 4.38. The van der Waals surface area contributed by atoms with Crippen molar-refractivity contribution in [2.45, 2.75) is 0 Å². The highest BCUT2D eigenvalue weighted by molar-refractivity contribution is 8.31. The van der Waals surface area contributed by atoms with Gasteiger partial charge in [0.1, 0.15) is 4.32 Å². The van der Waals surface area contributed by atoms with E-state index in [1.807, 2.05) is 18.2 Å². The van der Waals surface area contributed by atoms with E-state index in [2.05, 4.69) is 17.5 Å². The van der Waals surface area contributed by atoms with E-state index in [0.29, 0.717) is 5.03 Å². The minimum Gasteiger partial charge on any atom is -0.0879 e. The highest BCUT2D eigenvalue weighted by atomic mass is 35.5. The summed E-state index contributed by atoms with van der Waals surface area (Å²) in [6.45, 7) is 0. The first-order valence-corrected chi connectivity index (χ1v) is 7.24. The van der Waals surface area contributed by atoms with Crippen molar-refractivity contribution in [1.29, 1.82) is 0 Å². The second-order valence-corrected chi connectivity index (χ2v) is 6.52. The van der Waals surface area contributed by atoms with Gasteiger partial charge in [0, 0.05) is 4.91 Å². The van der Waals surface area contributed by atoms with E-state index >= 15 is 0 Å². The van der Waals surface area contributed by atoms with Crippen LogP contribution in [0.5, 0.6) is 0 Å². The van der Waals surface area contributed by atoms with Crippen molar-refractivity contribution in [1.82, 2.24) is 0 Å². The first-order chi connectivity index (χ1) is 7.68. The summed E-state index contributed by atoms with van der Waals surface area (Å²) in [5.41, 5.74) is 1.18. The van der Waals surface area contributed by atoms with E-state index in [4.69, 9.17) is 35.4 Å². The molecule has 0 amide bonds. The molecule has 82 valence electrons. The molecule has 2 rings (SSSR count). The molecule has 0 aliphatic carbocycles. The molecule has 5 heteroatoms. The lowest BCUT2D eigenvalue weighted by Crippen LogP contribution is -1.82. The van der Waals surface area contributed by atoms with Crippen molar-refractivity contribution >= 4 is 68.2 Å². The van der Waals surface area contributed by atoms with Crippen LogP contribution in [0.15, 0.2) is 45.0 Å². The van der Waals surface area contributed by atoms with Crippen molar-refractivity contribution in [2.24, 2.45) is 0 Å². The highest BCUT2D eigenvalue weighted by Crippen LogP contribution is 2.50. The Bertz CT molecular complexity index is 477. The second-order valence-electron chi connectivity index (χ2n) is 2.94. The average molecular weight is 305 g/mol. The number of allylic oxidation sites excluding steroid dienone is 1. The molecular weight excluding hydrogens is 299 g/mol. The van der Waals surface area contributed by atoms with Crippen LogP contribution < -0.4 is 0 Å². The molecule has 1 heterocycles. The van der Waals surface area contributed by atoms with Crippen LogP contribution >= 0.6 is 58.9 Å². The quantitative estimate of drug-likeness (QED) is 0.406. The van der Waals surface area contributed by atoms with Crippen LogP contribution in [0.3, 0.4) is 0 Å². The van der Waals surface area contributed by atoms with Crippen LogP contribution in [-0.2, 0) is 0 Å². The number of halogens is 2. The molecule has 0 fully saturated rings. The molecule has 0 atom stereocenters. The van der Waals surface area contributed by atoms with Gasteiger partial charge < -0.3 is 0 Å². The molecule has 0 bridgehead atoms. The van der Waals surface area contributed by atoms with Gasteiger partial charge in [0.2, 0.25) is 0 Å². The molecule has 0 aromatic heterocycles. The fourth-order valence-electron chi connectivity index (χ4n) is 1.16. The van der Waals surface area contributed by atoms with Crippen LogP contribution in [0.4, 0.5) is 0 Å². The molecule has 1 aliphatic rings. The lowest BCUT2D eigenvalue weighted by atomic mass is 10.2. The van der Waals surface area contributed by atoms with Crippen LogP contribution in [0.25, 0.3) is 4.91 Å². The van der Waals surface area contributed by atoms with Crippen LogP contribution in [-0.4, -0.2) is 4.32 Å². The zero-order chi connectivity index (χ0) is 11.5. The van der Waals surface area contributed by atoms with E-state index in [1.165, 1.54) is 10.5 Å². The van der Waals surface area contributed by atoms with Gasteiger partial charge in [-0.05, 0) is 11.0 Å². The summed E-state index contributed by atoms with van der Waals surface area (Å²) >= 11 is 19.7. The number of hydrogen-bond acceptors (Lipinski definition) is 3. The van der Waals surface area contributed by atoms with Crippen molar-refractivity contribution in [3.05, 3.63) is 50.6 Å². The van der Waals surface area contributed by atoms with Crippen LogP contribution in [0.2, 0.25) is 0 Å². The van der Waals surface area contributed by atoms with Gasteiger partial charge in [0.15, 0.2) is 0 Å². The summed E-state index contributed by atoms with van der Waals surface area (Å²) in [5, 5.41) is 2.53. The molecular formula is C11H6Cl2S3. The zero-order valence-electron chi connectivity index (χ0n) is 7.94. The Labute approximate surface area is 118 Å². The summed E-state index contributed by atoms with van der Waals surface area (Å²) in [4.78, 5) is 1.17. The number of rotatable bonds is 2. The Balaban J connectivity index is 2.21. The fourth-order valence-corrected chi connectivity index (χ4v) is 3.99. The van der Waals surface area contributed by atoms with Gasteiger partial charge in [-0.3, -0.25) is 0 Å². The Kier molecular flexibility index (Phi) is 4.39. The van der Waals surface area contributed by atoms with Crippen molar-refractivity contribution in [3.63, 3.8) is 0 Å². The Morgan fingerprint density at radius 3 is 2.44 bits per heavy atom. The van der Waals surface area contributed by atoms with Gasteiger partial charge in [-0.1, -0.05) is 89.3 Å². The number of hydrogen-bond donors (Lipinski definition) is 0. The minimum atomic E-state index is 0.222. The highest BCUT2D eigenvalue weighted by Gasteiger charge is 2.18. The average Bonchev–Trinajstić information content (AvgIpc) is 2.78. The van der Waals surface area contributed by atoms with Gasteiger partial charge >= 0.3 is 0 Å². The third kappa shape index (κ3) is 2.84. The summed E-state index contributed by atoms with van der Waals surface area (Å²) in [6, 6.07) is 10.1. The maximum atomic E-state index is 6.01. The molecule has 1 aliphatic heterocycles. The molecule has 0 saturated heterocycles. The van der Waals surface area contributed by atoms with Gasteiger partial charge in [0.05, 0.1) is 9.27 Å². The number of thiocarbonyl (C=S) groups is 1. The largest absolute Gasteiger partial charge is 0.124 e. The van der Waals surface area contributed by atoms with Crippen LogP contribution in [0.1, 0.15) is 5.56 Å². The Morgan fingerprint density at radius 1 is 1.12 bits per heavy atom. The van der Waals surface area contributed by atoms with E-state index < -0.39 is 0 Å². The maximum Gasteiger partial charge on any atom is 0.124 e. The van der Waals surface area contributed by atoms with Crippen LogP contribution in [0, 0.1) is 0 Å². The molecule has 0 unspecified atom stereocenters. The molecule has 1 aromatic carbocycles. The van der Waals surface area contributed by atoms with E-state index in [0.717, 1.165) is 4.24 Å². The Morgan fingerprint density at radius 2 is 1.81 bits per heavy atom. The first kappa shape index (κ1) is 12.5. The van der Waals surface area contributed by atoms with Crippen molar-refractivity contribution < 1.29 is 0 Å². The van der Waals surface area contributed by atoms with Gasteiger partial charge in [0.25, 0.3) is 0 Å². The molecule has 0 spiro atoms. The zero-order valence-corrected chi connectivity index (χ0v) is 11.9. The summed E-state index contributed by atoms with van der Waals surface area (Å²) in [5.74, 6) is 0. The Hall–Kier alpha value is 0.0700. The lowest BCUT2D eigenvalue weighted by molar-refractivity contribution is 1.66. The van der Waals surface area contributed by atoms with Gasteiger partial charge in [-0.25, -0.2) is 0 Å². The third-order valence-electron chi connectivity index (χ3n) is 1.89. The van der Waals surface area contributed by atoms with Gasteiger partial charge in [-0.15, -0.1) is 0 Å². The summed E-state index contributed by atoms with van der Waals surface area (Å²) in [6.07, 6.45) is 0. The van der Waals surface area contributed by atoms with E-state index in [9.17, 15) is 0 Å². The molecule has 1 aromatic rings. The number of benzene rings is 1. The smallest absolute Gasteiger partial charge is 0.0879 e. The summed E-state index contributed by atoms with van der Waals surface area (Å²) in [7, 11) is 0. The standard InChI is InChI=1S/C11H6Cl2S3/c12-9(10(13)14)11-15-6-8(16-11)7-4-2-1-3-5-7/h1-6H/b11-9-. The monoisotopic (exact) mass is 304 g/mol. The maximum absolute atomic E-state index is 6.01. The molecule has 0 nitrogen and oxygen atoms in total. The third-order valence-corrected chi connectivity index (χ3v) is 5.51.